The van der Waals surface area contributed by atoms with Crippen molar-refractivity contribution in [1.82, 2.24) is 10.2 Å². The fourth-order valence-corrected chi connectivity index (χ4v) is 2.54. The number of piperidine rings is 1. The van der Waals surface area contributed by atoms with Crippen LogP contribution in [0.3, 0.4) is 0 Å². The number of nitrogens with one attached hydrogen (secondary N) is 1. The maximum absolute atomic E-state index is 3.68. The second-order valence-corrected chi connectivity index (χ2v) is 5.08. The van der Waals surface area contributed by atoms with E-state index >= 15 is 0 Å². The van der Waals surface area contributed by atoms with Crippen molar-refractivity contribution in [3.8, 4) is 0 Å². The Kier molecular flexibility index (Phi) is 4.57. The molecule has 1 fully saturated rings. The standard InChI is InChI=1S/C15H24N2/c1-3-17-9-7-15(8-10-17)16-12-14-6-4-5-13(2)11-14/h4-6,11,15-16H,3,7-10,12H2,1-2H3. The minimum absolute atomic E-state index is 0.707. The van der Waals surface area contributed by atoms with Gasteiger partial charge in [-0.1, -0.05) is 36.8 Å². The molecule has 1 N–H and O–H groups in total. The van der Waals surface area contributed by atoms with Crippen LogP contribution in [-0.4, -0.2) is 30.6 Å². The van der Waals surface area contributed by atoms with Gasteiger partial charge in [0.2, 0.25) is 0 Å². The van der Waals surface area contributed by atoms with Gasteiger partial charge in [-0.3, -0.25) is 0 Å². The number of likely N-dealkylation sites (tertiary alicyclic amines) is 1. The highest BCUT2D eigenvalue weighted by molar-refractivity contribution is 5.22. The first-order valence-corrected chi connectivity index (χ1v) is 6.79. The second kappa shape index (κ2) is 6.18. The van der Waals surface area contributed by atoms with E-state index in [1.165, 1.54) is 43.6 Å². The summed E-state index contributed by atoms with van der Waals surface area (Å²) in [6.45, 7) is 9.12. The first-order chi connectivity index (χ1) is 8.28. The zero-order chi connectivity index (χ0) is 12.1. The van der Waals surface area contributed by atoms with Crippen molar-refractivity contribution < 1.29 is 0 Å². The van der Waals surface area contributed by atoms with E-state index in [0.29, 0.717) is 6.04 Å². The predicted octanol–water partition coefficient (Wildman–Crippen LogP) is 2.57. The Balaban J connectivity index is 1.76. The molecule has 2 rings (SSSR count). The smallest absolute Gasteiger partial charge is 0.0208 e. The van der Waals surface area contributed by atoms with Gasteiger partial charge < -0.3 is 10.2 Å². The fraction of sp³-hybridized carbons (Fsp3) is 0.600. The second-order valence-electron chi connectivity index (χ2n) is 5.08. The molecule has 0 unspecified atom stereocenters. The normalized spacial score (nSPS) is 18.5. The highest BCUT2D eigenvalue weighted by Gasteiger charge is 2.16. The van der Waals surface area contributed by atoms with Crippen LogP contribution in [0.1, 0.15) is 30.9 Å². The summed E-state index contributed by atoms with van der Waals surface area (Å²) >= 11 is 0. The van der Waals surface area contributed by atoms with E-state index in [1.54, 1.807) is 0 Å². The van der Waals surface area contributed by atoms with Gasteiger partial charge in [0.1, 0.15) is 0 Å². The van der Waals surface area contributed by atoms with E-state index in [0.717, 1.165) is 6.54 Å². The van der Waals surface area contributed by atoms with E-state index in [1.807, 2.05) is 0 Å². The maximum Gasteiger partial charge on any atom is 0.0208 e. The molecule has 0 saturated carbocycles. The minimum atomic E-state index is 0.707. The quantitative estimate of drug-likeness (QED) is 0.858. The van der Waals surface area contributed by atoms with E-state index in [-0.39, 0.29) is 0 Å². The van der Waals surface area contributed by atoms with Crippen molar-refractivity contribution >= 4 is 0 Å². The summed E-state index contributed by atoms with van der Waals surface area (Å²) in [5, 5.41) is 3.68. The number of nitrogens with zero attached hydrogens (tertiary/aromatic N) is 1. The average molecular weight is 232 g/mol. The molecule has 1 saturated heterocycles. The monoisotopic (exact) mass is 232 g/mol. The van der Waals surface area contributed by atoms with Gasteiger partial charge >= 0.3 is 0 Å². The van der Waals surface area contributed by atoms with E-state index in [2.05, 4.69) is 48.3 Å². The molecule has 1 aliphatic rings. The van der Waals surface area contributed by atoms with E-state index < -0.39 is 0 Å². The molecule has 0 aromatic heterocycles. The Morgan fingerprint density at radius 2 is 2.06 bits per heavy atom. The molecule has 0 bridgehead atoms. The molecule has 1 aliphatic heterocycles. The van der Waals surface area contributed by atoms with Crippen molar-refractivity contribution in [3.05, 3.63) is 35.4 Å². The Hall–Kier alpha value is -0.860. The highest BCUT2D eigenvalue weighted by Crippen LogP contribution is 2.11. The third-order valence-corrected chi connectivity index (χ3v) is 3.71. The number of hydrogen-bond donors (Lipinski definition) is 1. The van der Waals surface area contributed by atoms with Crippen LogP contribution in [0.5, 0.6) is 0 Å². The highest BCUT2D eigenvalue weighted by atomic mass is 15.1. The Morgan fingerprint density at radius 1 is 1.29 bits per heavy atom. The van der Waals surface area contributed by atoms with Gasteiger partial charge in [0.15, 0.2) is 0 Å². The lowest BCUT2D eigenvalue weighted by molar-refractivity contribution is 0.206. The van der Waals surface area contributed by atoms with Crippen molar-refractivity contribution in [2.45, 2.75) is 39.3 Å². The van der Waals surface area contributed by atoms with Crippen LogP contribution in [0, 0.1) is 6.92 Å². The molecular weight excluding hydrogens is 208 g/mol. The van der Waals surface area contributed by atoms with E-state index in [4.69, 9.17) is 0 Å². The summed E-state index contributed by atoms with van der Waals surface area (Å²) in [6.07, 6.45) is 2.58. The summed E-state index contributed by atoms with van der Waals surface area (Å²) in [6, 6.07) is 9.49. The molecule has 1 aromatic carbocycles. The fourth-order valence-electron chi connectivity index (χ4n) is 2.54. The van der Waals surface area contributed by atoms with Crippen molar-refractivity contribution in [1.29, 1.82) is 0 Å². The van der Waals surface area contributed by atoms with Gasteiger partial charge in [-0.15, -0.1) is 0 Å². The summed E-state index contributed by atoms with van der Waals surface area (Å²) in [7, 11) is 0. The van der Waals surface area contributed by atoms with Gasteiger partial charge in [0, 0.05) is 12.6 Å². The van der Waals surface area contributed by atoms with Crippen molar-refractivity contribution in [2.75, 3.05) is 19.6 Å². The zero-order valence-corrected chi connectivity index (χ0v) is 11.1. The lowest BCUT2D eigenvalue weighted by atomic mass is 10.0. The van der Waals surface area contributed by atoms with Crippen LogP contribution in [0.15, 0.2) is 24.3 Å². The van der Waals surface area contributed by atoms with E-state index in [9.17, 15) is 0 Å². The molecule has 1 aromatic rings. The minimum Gasteiger partial charge on any atom is -0.310 e. The summed E-state index contributed by atoms with van der Waals surface area (Å²) < 4.78 is 0. The van der Waals surface area contributed by atoms with Crippen molar-refractivity contribution in [2.24, 2.45) is 0 Å². The van der Waals surface area contributed by atoms with Gasteiger partial charge in [0.05, 0.1) is 0 Å². The van der Waals surface area contributed by atoms with Crippen LogP contribution < -0.4 is 5.32 Å². The van der Waals surface area contributed by atoms with Gasteiger partial charge in [-0.2, -0.15) is 0 Å². The SMILES string of the molecule is CCN1CCC(NCc2cccc(C)c2)CC1. The topological polar surface area (TPSA) is 15.3 Å². The van der Waals surface area contributed by atoms with Crippen LogP contribution in [-0.2, 0) is 6.54 Å². The molecule has 0 amide bonds. The molecular formula is C15H24N2. The molecule has 2 heteroatoms. The van der Waals surface area contributed by atoms with Crippen LogP contribution in [0.4, 0.5) is 0 Å². The zero-order valence-electron chi connectivity index (χ0n) is 11.1. The van der Waals surface area contributed by atoms with Gasteiger partial charge in [-0.25, -0.2) is 0 Å². The maximum atomic E-state index is 3.68. The summed E-state index contributed by atoms with van der Waals surface area (Å²) in [5.74, 6) is 0. The third kappa shape index (κ3) is 3.83. The molecule has 0 spiro atoms. The largest absolute Gasteiger partial charge is 0.310 e. The number of hydrogen-bond acceptors (Lipinski definition) is 2. The third-order valence-electron chi connectivity index (χ3n) is 3.71. The average Bonchev–Trinajstić information content (AvgIpc) is 2.37. The van der Waals surface area contributed by atoms with Crippen molar-refractivity contribution in [3.63, 3.8) is 0 Å². The molecule has 2 nitrogen and oxygen atoms in total. The number of aryl methyl sites for hydroxylation is 1. The molecule has 17 heavy (non-hydrogen) atoms. The number of rotatable bonds is 4. The Morgan fingerprint density at radius 3 is 2.71 bits per heavy atom. The first kappa shape index (κ1) is 12.6. The molecule has 0 aliphatic carbocycles. The first-order valence-electron chi connectivity index (χ1n) is 6.79. The molecule has 0 radical (unpaired) electrons. The molecule has 1 heterocycles. The van der Waals surface area contributed by atoms with Crippen LogP contribution in [0.25, 0.3) is 0 Å². The Labute approximate surface area is 105 Å². The molecule has 94 valence electrons. The lowest BCUT2D eigenvalue weighted by Gasteiger charge is -2.31. The van der Waals surface area contributed by atoms with Gasteiger partial charge in [0.25, 0.3) is 0 Å². The number of benzene rings is 1. The predicted molar refractivity (Wildman–Crippen MR) is 73.2 cm³/mol. The summed E-state index contributed by atoms with van der Waals surface area (Å²) in [4.78, 5) is 2.53. The van der Waals surface area contributed by atoms with Crippen LogP contribution >= 0.6 is 0 Å². The van der Waals surface area contributed by atoms with Gasteiger partial charge in [-0.05, 0) is 45.0 Å². The molecule has 0 atom stereocenters. The Bertz CT molecular complexity index is 341. The lowest BCUT2D eigenvalue weighted by Crippen LogP contribution is -2.42. The summed E-state index contributed by atoms with van der Waals surface area (Å²) in [5.41, 5.74) is 2.76. The van der Waals surface area contributed by atoms with Crippen LogP contribution in [0.2, 0.25) is 0 Å².